The molecule has 0 bridgehead atoms. The first-order chi connectivity index (χ1) is 13.2. The molecule has 1 aromatic heterocycles. The van der Waals surface area contributed by atoms with Crippen LogP contribution in [0, 0.1) is 0 Å². The minimum Gasteiger partial charge on any atom is -0.497 e. The third-order valence-corrected chi connectivity index (χ3v) is 4.78. The predicted octanol–water partition coefficient (Wildman–Crippen LogP) is 3.09. The molecule has 6 heteroatoms. The van der Waals surface area contributed by atoms with Gasteiger partial charge in [0.05, 0.1) is 18.5 Å². The number of hydrogen-bond donors (Lipinski definition) is 3. The number of hydrazine groups is 1. The number of amides is 1. The zero-order chi connectivity index (χ0) is 18.8. The molecular weight excluding hydrogens is 340 g/mol. The number of benzene rings is 2. The number of carbonyl (C=O) groups excluding carboxylic acids is 1. The molecule has 1 aliphatic carbocycles. The molecule has 6 nitrogen and oxygen atoms in total. The van der Waals surface area contributed by atoms with E-state index in [2.05, 4.69) is 33.7 Å². The number of nitrogens with zero attached hydrogens (tertiary/aromatic N) is 1. The number of methoxy groups -OCH3 is 1. The number of hydrogen-bond acceptors (Lipinski definition) is 4. The third-order valence-electron chi connectivity index (χ3n) is 4.78. The zero-order valence-corrected chi connectivity index (χ0v) is 15.0. The van der Waals surface area contributed by atoms with E-state index < -0.39 is 0 Å². The van der Waals surface area contributed by atoms with Gasteiger partial charge in [-0.2, -0.15) is 5.10 Å². The van der Waals surface area contributed by atoms with Crippen molar-refractivity contribution in [1.29, 1.82) is 0 Å². The summed E-state index contributed by atoms with van der Waals surface area (Å²) in [5, 5.41) is 7.26. The fourth-order valence-corrected chi connectivity index (χ4v) is 3.31. The molecule has 1 aliphatic rings. The van der Waals surface area contributed by atoms with E-state index >= 15 is 0 Å². The molecule has 0 radical (unpaired) electrons. The van der Waals surface area contributed by atoms with Crippen molar-refractivity contribution < 1.29 is 9.53 Å². The largest absolute Gasteiger partial charge is 0.497 e. The average molecular weight is 360 g/mol. The first kappa shape index (κ1) is 16.9. The Hall–Kier alpha value is -3.54. The normalized spacial score (nSPS) is 11.9. The van der Waals surface area contributed by atoms with Gasteiger partial charge < -0.3 is 4.74 Å². The first-order valence-corrected chi connectivity index (χ1v) is 8.72. The second-order valence-electron chi connectivity index (χ2n) is 6.37. The van der Waals surface area contributed by atoms with Crippen LogP contribution in [-0.4, -0.2) is 23.2 Å². The van der Waals surface area contributed by atoms with E-state index in [9.17, 15) is 4.79 Å². The van der Waals surface area contributed by atoms with Gasteiger partial charge >= 0.3 is 0 Å². The van der Waals surface area contributed by atoms with Crippen LogP contribution in [0.3, 0.4) is 0 Å². The summed E-state index contributed by atoms with van der Waals surface area (Å²) in [5.41, 5.74) is 11.6. The smallest absolute Gasteiger partial charge is 0.287 e. The molecule has 3 N–H and O–H groups in total. The Morgan fingerprint density at radius 3 is 2.67 bits per heavy atom. The number of aryl methyl sites for hydroxylation is 1. The van der Waals surface area contributed by atoms with Crippen LogP contribution in [0.25, 0.3) is 17.0 Å². The number of nitrogens with one attached hydrogen (secondary N) is 3. The quantitative estimate of drug-likeness (QED) is 0.611. The maximum Gasteiger partial charge on any atom is 0.287 e. The van der Waals surface area contributed by atoms with Gasteiger partial charge in [-0.05, 0) is 48.2 Å². The fraction of sp³-hybridized carbons (Fsp3) is 0.143. The summed E-state index contributed by atoms with van der Waals surface area (Å²) in [7, 11) is 1.62. The predicted molar refractivity (Wildman–Crippen MR) is 104 cm³/mol. The second-order valence-corrected chi connectivity index (χ2v) is 6.37. The summed E-state index contributed by atoms with van der Waals surface area (Å²) in [6, 6.07) is 15.6. The van der Waals surface area contributed by atoms with E-state index in [1.165, 1.54) is 5.56 Å². The van der Waals surface area contributed by atoms with Gasteiger partial charge in [0.25, 0.3) is 5.91 Å². The van der Waals surface area contributed by atoms with E-state index in [-0.39, 0.29) is 5.91 Å². The number of H-pyrrole nitrogens is 1. The van der Waals surface area contributed by atoms with Gasteiger partial charge in [0, 0.05) is 11.1 Å². The van der Waals surface area contributed by atoms with Crippen LogP contribution in [0.2, 0.25) is 0 Å². The molecule has 0 aliphatic heterocycles. The molecule has 2 aromatic carbocycles. The van der Waals surface area contributed by atoms with Crippen molar-refractivity contribution in [3.8, 4) is 17.0 Å². The monoisotopic (exact) mass is 360 g/mol. The lowest BCUT2D eigenvalue weighted by Gasteiger charge is -2.16. The van der Waals surface area contributed by atoms with E-state index in [4.69, 9.17) is 4.74 Å². The van der Waals surface area contributed by atoms with Gasteiger partial charge in [-0.3, -0.25) is 20.7 Å². The Balaban J connectivity index is 1.47. The summed E-state index contributed by atoms with van der Waals surface area (Å²) in [4.78, 5) is 12.6. The van der Waals surface area contributed by atoms with Crippen LogP contribution < -0.4 is 15.6 Å². The molecule has 1 heterocycles. The van der Waals surface area contributed by atoms with Crippen molar-refractivity contribution in [3.05, 3.63) is 77.5 Å². The Morgan fingerprint density at radius 1 is 1.11 bits per heavy atom. The number of carbonyl (C=O) groups is 1. The minimum absolute atomic E-state index is 0.266. The highest BCUT2D eigenvalue weighted by Crippen LogP contribution is 2.33. The Bertz CT molecular complexity index is 1010. The maximum atomic E-state index is 12.6. The molecule has 1 amide bonds. The molecule has 0 fully saturated rings. The fourth-order valence-electron chi connectivity index (χ4n) is 3.31. The van der Waals surface area contributed by atoms with Crippen LogP contribution in [0.4, 0.5) is 0 Å². The first-order valence-electron chi connectivity index (χ1n) is 8.72. The average Bonchev–Trinajstić information content (AvgIpc) is 3.16. The van der Waals surface area contributed by atoms with E-state index in [1.807, 2.05) is 42.5 Å². The Morgan fingerprint density at radius 2 is 1.89 bits per heavy atom. The van der Waals surface area contributed by atoms with E-state index in [0.29, 0.717) is 11.4 Å². The molecule has 3 aromatic rings. The van der Waals surface area contributed by atoms with Gasteiger partial charge in [-0.1, -0.05) is 30.8 Å². The molecule has 27 heavy (non-hydrogen) atoms. The third kappa shape index (κ3) is 3.17. The van der Waals surface area contributed by atoms with Crippen molar-refractivity contribution in [2.45, 2.75) is 12.8 Å². The lowest BCUT2D eigenvalue weighted by atomic mass is 9.89. The molecular formula is C21H20N4O2. The molecule has 136 valence electrons. The highest BCUT2D eigenvalue weighted by atomic mass is 16.5. The van der Waals surface area contributed by atoms with Crippen molar-refractivity contribution in [1.82, 2.24) is 21.0 Å². The number of aromatic nitrogens is 2. The van der Waals surface area contributed by atoms with Crippen molar-refractivity contribution in [3.63, 3.8) is 0 Å². The van der Waals surface area contributed by atoms with Crippen LogP contribution in [0.1, 0.15) is 27.2 Å². The SMILES string of the molecule is C=C(NNC(=O)c1[nH]nc2c1CCc1ccccc1-2)c1ccc(OC)cc1. The number of fused-ring (bicyclic) bond motifs is 3. The van der Waals surface area contributed by atoms with Crippen molar-refractivity contribution >= 4 is 11.6 Å². The van der Waals surface area contributed by atoms with Gasteiger partial charge in [0.15, 0.2) is 0 Å². The lowest BCUT2D eigenvalue weighted by molar-refractivity contribution is 0.0936. The van der Waals surface area contributed by atoms with Crippen molar-refractivity contribution in [2.24, 2.45) is 0 Å². The number of aromatic amines is 1. The van der Waals surface area contributed by atoms with E-state index in [0.717, 1.165) is 41.0 Å². The lowest BCUT2D eigenvalue weighted by Crippen LogP contribution is -2.36. The van der Waals surface area contributed by atoms with E-state index in [1.54, 1.807) is 7.11 Å². The number of rotatable bonds is 5. The van der Waals surface area contributed by atoms with Crippen LogP contribution >= 0.6 is 0 Å². The minimum atomic E-state index is -0.266. The van der Waals surface area contributed by atoms with Crippen LogP contribution in [0.5, 0.6) is 5.75 Å². The Labute approximate surface area is 157 Å². The van der Waals surface area contributed by atoms with Crippen LogP contribution in [-0.2, 0) is 12.8 Å². The zero-order valence-electron chi connectivity index (χ0n) is 15.0. The molecule has 0 atom stereocenters. The summed E-state index contributed by atoms with van der Waals surface area (Å²) >= 11 is 0. The van der Waals surface area contributed by atoms with Gasteiger partial charge in [-0.25, -0.2) is 0 Å². The second kappa shape index (κ2) is 6.99. The molecule has 0 saturated carbocycles. The molecule has 0 spiro atoms. The summed E-state index contributed by atoms with van der Waals surface area (Å²) < 4.78 is 5.14. The highest BCUT2D eigenvalue weighted by molar-refractivity contribution is 5.96. The number of ether oxygens (including phenoxy) is 1. The molecule has 4 rings (SSSR count). The maximum absolute atomic E-state index is 12.6. The topological polar surface area (TPSA) is 79.0 Å². The van der Waals surface area contributed by atoms with Gasteiger partial charge in [-0.15, -0.1) is 0 Å². The summed E-state index contributed by atoms with van der Waals surface area (Å²) in [6.45, 7) is 3.96. The summed E-state index contributed by atoms with van der Waals surface area (Å²) in [6.07, 6.45) is 1.68. The highest BCUT2D eigenvalue weighted by Gasteiger charge is 2.24. The van der Waals surface area contributed by atoms with Crippen molar-refractivity contribution in [2.75, 3.05) is 7.11 Å². The standard InChI is InChI=1S/C21H20N4O2/c1-13(14-7-10-16(27-2)11-8-14)22-25-21(26)20-18-12-9-15-5-3-4-6-17(15)19(18)23-24-20/h3-8,10-11,22H,1,9,12H2,2H3,(H,23,24)(H,25,26). The molecule has 0 unspecified atom stereocenters. The summed E-state index contributed by atoms with van der Waals surface area (Å²) in [5.74, 6) is 0.498. The van der Waals surface area contributed by atoms with Crippen LogP contribution in [0.15, 0.2) is 55.1 Å². The van der Waals surface area contributed by atoms with Gasteiger partial charge in [0.1, 0.15) is 11.4 Å². The van der Waals surface area contributed by atoms with Gasteiger partial charge in [0.2, 0.25) is 0 Å². The Kier molecular flexibility index (Phi) is 4.38. The molecule has 0 saturated heterocycles.